The van der Waals surface area contributed by atoms with Crippen LogP contribution in [-0.4, -0.2) is 29.4 Å². The fourth-order valence-corrected chi connectivity index (χ4v) is 5.60. The van der Waals surface area contributed by atoms with Gasteiger partial charge in [-0.3, -0.25) is 9.59 Å². The van der Waals surface area contributed by atoms with Crippen molar-refractivity contribution in [3.8, 4) is 0 Å². The molecule has 0 spiro atoms. The molecule has 1 aliphatic heterocycles. The molecule has 1 aliphatic rings. The van der Waals surface area contributed by atoms with Gasteiger partial charge in [-0.15, -0.1) is 0 Å². The molecule has 0 aromatic heterocycles. The molecule has 4 unspecified atom stereocenters. The van der Waals surface area contributed by atoms with Crippen molar-refractivity contribution in [1.82, 2.24) is 5.32 Å². The lowest BCUT2D eigenvalue weighted by Gasteiger charge is -2.47. The number of benzene rings is 2. The number of hydrogen-bond donors (Lipinski definition) is 2. The summed E-state index contributed by atoms with van der Waals surface area (Å²) in [6, 6.07) is 15.4. The number of aliphatic carboxylic acids is 1. The molecule has 0 saturated carbocycles. The smallest absolute Gasteiger partial charge is 0.303 e. The zero-order valence-electron chi connectivity index (χ0n) is 18.6. The first kappa shape index (κ1) is 24.8. The van der Waals surface area contributed by atoms with Crippen LogP contribution in [0.3, 0.4) is 0 Å². The maximum absolute atomic E-state index is 13.2. The number of carbonyl (C=O) groups excluding carboxylic acids is 1. The van der Waals surface area contributed by atoms with Crippen LogP contribution in [-0.2, 0) is 16.0 Å². The monoisotopic (exact) mass is 475 g/mol. The van der Waals surface area contributed by atoms with Gasteiger partial charge in [0.15, 0.2) is 0 Å². The third kappa shape index (κ3) is 5.72. The van der Waals surface area contributed by atoms with Gasteiger partial charge in [-0.1, -0.05) is 54.4 Å². The van der Waals surface area contributed by atoms with Gasteiger partial charge in [0.2, 0.25) is 0 Å². The van der Waals surface area contributed by atoms with Gasteiger partial charge in [0.05, 0.1) is 0 Å². The maximum Gasteiger partial charge on any atom is 0.303 e. The highest BCUT2D eigenvalue weighted by Gasteiger charge is 2.47. The van der Waals surface area contributed by atoms with Gasteiger partial charge in [-0.05, 0) is 80.5 Å². The minimum Gasteiger partial charge on any atom is -0.481 e. The summed E-state index contributed by atoms with van der Waals surface area (Å²) in [5, 5.41) is 14.3. The number of carboxylic acids is 1. The molecule has 2 N–H and O–H groups in total. The lowest BCUT2D eigenvalue weighted by atomic mass is 9.62. The van der Waals surface area contributed by atoms with Crippen molar-refractivity contribution in [3.63, 3.8) is 0 Å². The van der Waals surface area contributed by atoms with Gasteiger partial charge < -0.3 is 10.4 Å². The van der Waals surface area contributed by atoms with Crippen molar-refractivity contribution in [1.29, 1.82) is 0 Å². The number of Topliss-reactive ketones (excluding diaryl/α,β-unsaturated/α-hetero) is 1. The molecule has 1 fully saturated rings. The first-order valence-corrected chi connectivity index (χ1v) is 12.0. The third-order valence-corrected chi connectivity index (χ3v) is 7.54. The van der Waals surface area contributed by atoms with E-state index in [-0.39, 0.29) is 30.1 Å². The van der Waals surface area contributed by atoms with Crippen molar-refractivity contribution in [2.45, 2.75) is 57.9 Å². The Morgan fingerprint density at radius 1 is 1.12 bits per heavy atom. The molecule has 4 nitrogen and oxygen atoms in total. The van der Waals surface area contributed by atoms with Crippen LogP contribution in [0.2, 0.25) is 10.0 Å². The summed E-state index contributed by atoms with van der Waals surface area (Å²) in [6.07, 6.45) is 3.00. The number of piperidine rings is 1. The molecular formula is C26H31Cl2NO3. The molecule has 0 aliphatic carbocycles. The first-order chi connectivity index (χ1) is 15.2. The van der Waals surface area contributed by atoms with Crippen molar-refractivity contribution in [3.05, 3.63) is 69.7 Å². The Labute approximate surface area is 200 Å². The van der Waals surface area contributed by atoms with Gasteiger partial charge >= 0.3 is 5.97 Å². The van der Waals surface area contributed by atoms with E-state index in [4.69, 9.17) is 23.2 Å². The minimum atomic E-state index is -0.795. The highest BCUT2D eigenvalue weighted by atomic mass is 35.5. The Kier molecular flexibility index (Phi) is 8.37. The Bertz CT molecular complexity index is 946. The predicted molar refractivity (Wildman–Crippen MR) is 130 cm³/mol. The van der Waals surface area contributed by atoms with E-state index in [1.165, 1.54) is 0 Å². The molecule has 2 aromatic rings. The van der Waals surface area contributed by atoms with Crippen LogP contribution in [0.15, 0.2) is 48.5 Å². The zero-order chi connectivity index (χ0) is 23.3. The number of rotatable bonds is 9. The SMILES string of the molecule is CCC(CCc1ccc(Cl)cc1)(C(C)=O)C1NCC(CC(=O)O)CC1c1cccc(Cl)c1. The number of aryl methyl sites for hydroxylation is 1. The van der Waals surface area contributed by atoms with E-state index in [2.05, 4.69) is 12.2 Å². The van der Waals surface area contributed by atoms with Crippen molar-refractivity contribution in [2.24, 2.45) is 11.3 Å². The van der Waals surface area contributed by atoms with Crippen LogP contribution in [0.5, 0.6) is 0 Å². The Hall–Kier alpha value is -1.88. The number of carboxylic acid groups (broad SMARTS) is 1. The van der Waals surface area contributed by atoms with Gasteiger partial charge in [0, 0.05) is 33.8 Å². The quantitative estimate of drug-likeness (QED) is 0.456. The lowest BCUT2D eigenvalue weighted by molar-refractivity contribution is -0.139. The van der Waals surface area contributed by atoms with Gasteiger partial charge in [-0.2, -0.15) is 0 Å². The van der Waals surface area contributed by atoms with Crippen molar-refractivity contribution >= 4 is 35.0 Å². The standard InChI is InChI=1S/C26H31Cl2NO3/c1-3-26(17(2)30,12-11-18-7-9-21(27)10-8-18)25-23(20-5-4-6-22(28)15-20)13-19(16-29-25)14-24(31)32/h4-10,15,19,23,25,29H,3,11-14,16H2,1-2H3,(H,31,32). The van der Waals surface area contributed by atoms with E-state index in [1.54, 1.807) is 6.92 Å². The second-order valence-electron chi connectivity index (χ2n) is 8.94. The number of nitrogens with one attached hydrogen (secondary N) is 1. The minimum absolute atomic E-state index is 0.000804. The van der Waals surface area contributed by atoms with E-state index in [1.807, 2.05) is 48.5 Å². The summed E-state index contributed by atoms with van der Waals surface area (Å²) in [5.41, 5.74) is 1.63. The summed E-state index contributed by atoms with van der Waals surface area (Å²) >= 11 is 12.3. The number of halogens is 2. The summed E-state index contributed by atoms with van der Waals surface area (Å²) < 4.78 is 0. The zero-order valence-corrected chi connectivity index (χ0v) is 20.1. The first-order valence-electron chi connectivity index (χ1n) is 11.2. The van der Waals surface area contributed by atoms with Crippen LogP contribution in [0.25, 0.3) is 0 Å². The highest BCUT2D eigenvalue weighted by Crippen LogP contribution is 2.45. The molecule has 172 valence electrons. The Balaban J connectivity index is 1.95. The topological polar surface area (TPSA) is 66.4 Å². The third-order valence-electron chi connectivity index (χ3n) is 7.06. The molecule has 0 radical (unpaired) electrons. The molecule has 6 heteroatoms. The normalized spacial score (nSPS) is 22.8. The fourth-order valence-electron chi connectivity index (χ4n) is 5.28. The van der Waals surface area contributed by atoms with E-state index in [0.717, 1.165) is 17.5 Å². The predicted octanol–water partition coefficient (Wildman–Crippen LogP) is 6.15. The Morgan fingerprint density at radius 2 is 1.84 bits per heavy atom. The Morgan fingerprint density at radius 3 is 2.44 bits per heavy atom. The molecule has 0 amide bonds. The highest BCUT2D eigenvalue weighted by molar-refractivity contribution is 6.30. The molecular weight excluding hydrogens is 445 g/mol. The average Bonchev–Trinajstić information content (AvgIpc) is 2.75. The van der Waals surface area contributed by atoms with Crippen molar-refractivity contribution in [2.75, 3.05) is 6.54 Å². The van der Waals surface area contributed by atoms with Crippen LogP contribution in [0.4, 0.5) is 0 Å². The molecule has 1 saturated heterocycles. The largest absolute Gasteiger partial charge is 0.481 e. The number of carbonyl (C=O) groups is 2. The molecule has 0 bridgehead atoms. The van der Waals surface area contributed by atoms with Gasteiger partial charge in [0.25, 0.3) is 0 Å². The summed E-state index contributed by atoms with van der Waals surface area (Å²) in [4.78, 5) is 24.6. The fraction of sp³-hybridized carbons (Fsp3) is 0.462. The molecule has 4 atom stereocenters. The molecule has 1 heterocycles. The van der Waals surface area contributed by atoms with E-state index < -0.39 is 11.4 Å². The van der Waals surface area contributed by atoms with E-state index in [0.29, 0.717) is 35.9 Å². The van der Waals surface area contributed by atoms with Gasteiger partial charge in [-0.25, -0.2) is 0 Å². The second kappa shape index (κ2) is 10.8. The summed E-state index contributed by atoms with van der Waals surface area (Å²) in [5.74, 6) is -0.627. The average molecular weight is 476 g/mol. The van der Waals surface area contributed by atoms with Crippen LogP contribution in [0, 0.1) is 11.3 Å². The number of ketones is 1. The molecule has 3 rings (SSSR count). The van der Waals surface area contributed by atoms with Crippen LogP contribution in [0.1, 0.15) is 56.6 Å². The van der Waals surface area contributed by atoms with E-state index in [9.17, 15) is 14.7 Å². The summed E-state index contributed by atoms with van der Waals surface area (Å²) in [6.45, 7) is 4.35. The van der Waals surface area contributed by atoms with E-state index >= 15 is 0 Å². The number of hydrogen-bond acceptors (Lipinski definition) is 3. The van der Waals surface area contributed by atoms with Crippen LogP contribution < -0.4 is 5.32 Å². The molecule has 2 aromatic carbocycles. The van der Waals surface area contributed by atoms with Crippen molar-refractivity contribution < 1.29 is 14.7 Å². The lowest BCUT2D eigenvalue weighted by Crippen LogP contribution is -2.57. The van der Waals surface area contributed by atoms with Crippen LogP contribution >= 0.6 is 23.2 Å². The second-order valence-corrected chi connectivity index (χ2v) is 9.81. The van der Waals surface area contributed by atoms with Gasteiger partial charge in [0.1, 0.15) is 5.78 Å². The molecule has 32 heavy (non-hydrogen) atoms. The maximum atomic E-state index is 13.2. The summed E-state index contributed by atoms with van der Waals surface area (Å²) in [7, 11) is 0.